The Hall–Kier alpha value is -1.62. The number of unbranched alkanes of at least 4 members (excludes halogenated alkanes) is 9. The third-order valence-corrected chi connectivity index (χ3v) is 4.28. The molecule has 0 saturated heterocycles. The van der Waals surface area contributed by atoms with Crippen LogP contribution in [0.4, 0.5) is 0 Å². The predicted octanol–water partition coefficient (Wildman–Crippen LogP) is 5.27. The highest BCUT2D eigenvalue weighted by atomic mass is 16.6. The van der Waals surface area contributed by atoms with Crippen molar-refractivity contribution in [3.05, 3.63) is 24.3 Å². The maximum atomic E-state index is 11.6. The summed E-state index contributed by atoms with van der Waals surface area (Å²) in [6.07, 6.45) is 21.0. The number of aliphatic hydroxyl groups is 1. The fraction of sp³-hybridized carbons (Fsp3) is 0.739. The van der Waals surface area contributed by atoms with E-state index in [1.54, 1.807) is 0 Å². The maximum absolute atomic E-state index is 11.6. The molecular formula is C23H40O5. The van der Waals surface area contributed by atoms with Crippen molar-refractivity contribution in [1.82, 2.24) is 0 Å². The molecule has 1 atom stereocenters. The summed E-state index contributed by atoms with van der Waals surface area (Å²) in [6, 6.07) is 0. The summed E-state index contributed by atoms with van der Waals surface area (Å²) in [4.78, 5) is 22.2. The Bertz CT molecular complexity index is 442. The predicted molar refractivity (Wildman–Crippen MR) is 113 cm³/mol. The third kappa shape index (κ3) is 20.7. The molecule has 0 aromatic carbocycles. The van der Waals surface area contributed by atoms with Crippen LogP contribution in [-0.4, -0.2) is 36.4 Å². The van der Waals surface area contributed by atoms with E-state index in [9.17, 15) is 14.7 Å². The third-order valence-electron chi connectivity index (χ3n) is 4.28. The Morgan fingerprint density at radius 2 is 1.36 bits per heavy atom. The van der Waals surface area contributed by atoms with Crippen LogP contribution in [0.15, 0.2) is 24.3 Å². The molecule has 0 radical (unpaired) electrons. The lowest BCUT2D eigenvalue weighted by Crippen LogP contribution is -2.24. The van der Waals surface area contributed by atoms with Crippen molar-refractivity contribution in [1.29, 1.82) is 0 Å². The maximum Gasteiger partial charge on any atom is 0.305 e. The van der Waals surface area contributed by atoms with Crippen LogP contribution in [0, 0.1) is 0 Å². The molecule has 0 bridgehead atoms. The van der Waals surface area contributed by atoms with Gasteiger partial charge in [-0.3, -0.25) is 9.59 Å². The van der Waals surface area contributed by atoms with Crippen LogP contribution >= 0.6 is 0 Å². The Balaban J connectivity index is 3.38. The molecule has 0 saturated carbocycles. The summed E-state index contributed by atoms with van der Waals surface area (Å²) in [6.45, 7) is 3.21. The first kappa shape index (κ1) is 26.4. The molecule has 0 aliphatic heterocycles. The van der Waals surface area contributed by atoms with E-state index in [1.165, 1.54) is 51.9 Å². The van der Waals surface area contributed by atoms with Gasteiger partial charge in [0.25, 0.3) is 0 Å². The normalized spacial score (nSPS) is 12.5. The van der Waals surface area contributed by atoms with E-state index >= 15 is 0 Å². The van der Waals surface area contributed by atoms with Crippen LogP contribution < -0.4 is 0 Å². The number of rotatable bonds is 18. The number of esters is 2. The van der Waals surface area contributed by atoms with Crippen molar-refractivity contribution in [2.45, 2.75) is 97.0 Å². The van der Waals surface area contributed by atoms with Crippen LogP contribution in [0.3, 0.4) is 0 Å². The Morgan fingerprint density at radius 1 is 0.821 bits per heavy atom. The highest BCUT2D eigenvalue weighted by molar-refractivity contribution is 5.69. The minimum Gasteiger partial charge on any atom is -0.463 e. The van der Waals surface area contributed by atoms with Crippen molar-refractivity contribution in [3.8, 4) is 0 Å². The summed E-state index contributed by atoms with van der Waals surface area (Å²) in [5.41, 5.74) is 0. The average molecular weight is 397 g/mol. The van der Waals surface area contributed by atoms with Gasteiger partial charge in [0.15, 0.2) is 0 Å². The van der Waals surface area contributed by atoms with Crippen LogP contribution in [0.5, 0.6) is 0 Å². The van der Waals surface area contributed by atoms with Crippen LogP contribution in [-0.2, 0) is 19.1 Å². The van der Waals surface area contributed by atoms with Gasteiger partial charge < -0.3 is 14.6 Å². The molecule has 0 aromatic heterocycles. The van der Waals surface area contributed by atoms with Crippen molar-refractivity contribution in [3.63, 3.8) is 0 Å². The van der Waals surface area contributed by atoms with E-state index in [2.05, 4.69) is 36.0 Å². The summed E-state index contributed by atoms with van der Waals surface area (Å²) in [5.74, 6) is -0.772. The number of hydrogen-bond acceptors (Lipinski definition) is 5. The van der Waals surface area contributed by atoms with E-state index in [-0.39, 0.29) is 19.2 Å². The topological polar surface area (TPSA) is 72.8 Å². The highest BCUT2D eigenvalue weighted by Crippen LogP contribution is 2.09. The van der Waals surface area contributed by atoms with Crippen LogP contribution in [0.2, 0.25) is 0 Å². The van der Waals surface area contributed by atoms with Crippen LogP contribution in [0.1, 0.15) is 90.9 Å². The fourth-order valence-electron chi connectivity index (χ4n) is 2.62. The van der Waals surface area contributed by atoms with E-state index in [0.29, 0.717) is 6.42 Å². The second-order valence-electron chi connectivity index (χ2n) is 7.15. The molecule has 0 spiro atoms. The van der Waals surface area contributed by atoms with Gasteiger partial charge in [-0.05, 0) is 32.1 Å². The number of carbonyl (C=O) groups excluding carboxylic acids is 2. The van der Waals surface area contributed by atoms with Crippen molar-refractivity contribution < 1.29 is 24.2 Å². The molecule has 0 fully saturated rings. The molecule has 162 valence electrons. The molecule has 1 N–H and O–H groups in total. The lowest BCUT2D eigenvalue weighted by molar-refractivity contribution is -0.151. The minimum atomic E-state index is -0.960. The van der Waals surface area contributed by atoms with E-state index in [0.717, 1.165) is 25.7 Å². The van der Waals surface area contributed by atoms with Gasteiger partial charge in [0.05, 0.1) is 0 Å². The first-order valence-electron chi connectivity index (χ1n) is 10.8. The number of allylic oxidation sites excluding steroid dienone is 4. The molecule has 5 heteroatoms. The van der Waals surface area contributed by atoms with Crippen LogP contribution in [0.25, 0.3) is 0 Å². The molecular weight excluding hydrogens is 356 g/mol. The molecule has 0 aromatic rings. The Morgan fingerprint density at radius 3 is 1.96 bits per heavy atom. The second kappa shape index (κ2) is 20.1. The van der Waals surface area contributed by atoms with Gasteiger partial charge in [-0.1, -0.05) is 69.8 Å². The molecule has 0 aliphatic rings. The summed E-state index contributed by atoms with van der Waals surface area (Å²) >= 11 is 0. The average Bonchev–Trinajstić information content (AvgIpc) is 2.67. The van der Waals surface area contributed by atoms with E-state index in [4.69, 9.17) is 4.74 Å². The number of carbonyl (C=O) groups is 2. The zero-order valence-electron chi connectivity index (χ0n) is 17.9. The highest BCUT2D eigenvalue weighted by Gasteiger charge is 2.10. The van der Waals surface area contributed by atoms with Gasteiger partial charge in [-0.2, -0.15) is 0 Å². The van der Waals surface area contributed by atoms with Gasteiger partial charge in [-0.25, -0.2) is 0 Å². The monoisotopic (exact) mass is 396 g/mol. The summed E-state index contributed by atoms with van der Waals surface area (Å²) in [7, 11) is 0. The SMILES string of the molecule is CCCCC/C=C\C=C\CCCCCCCCC(=O)OCC(O)COC(C)=O. The molecule has 1 unspecified atom stereocenters. The zero-order chi connectivity index (χ0) is 20.9. The molecule has 28 heavy (non-hydrogen) atoms. The zero-order valence-corrected chi connectivity index (χ0v) is 17.9. The van der Waals surface area contributed by atoms with Crippen molar-refractivity contribution in [2.75, 3.05) is 13.2 Å². The smallest absolute Gasteiger partial charge is 0.305 e. The van der Waals surface area contributed by atoms with Gasteiger partial charge in [0.1, 0.15) is 19.3 Å². The number of hydrogen-bond donors (Lipinski definition) is 1. The minimum absolute atomic E-state index is 0.131. The summed E-state index contributed by atoms with van der Waals surface area (Å²) < 4.78 is 9.60. The van der Waals surface area contributed by atoms with Gasteiger partial charge >= 0.3 is 11.9 Å². The molecule has 0 rings (SSSR count). The lowest BCUT2D eigenvalue weighted by atomic mass is 10.1. The lowest BCUT2D eigenvalue weighted by Gasteiger charge is -2.11. The largest absolute Gasteiger partial charge is 0.463 e. The number of ether oxygens (including phenoxy) is 2. The molecule has 0 heterocycles. The van der Waals surface area contributed by atoms with Gasteiger partial charge in [0.2, 0.25) is 0 Å². The standard InChI is InChI=1S/C23H40O5/c1-3-4-5-6-7-8-9-10-11-12-13-14-15-16-17-18-23(26)28-20-22(25)19-27-21(2)24/h7-10,22,25H,3-6,11-20H2,1-2H3/b8-7-,10-9+. The van der Waals surface area contributed by atoms with Crippen molar-refractivity contribution >= 4 is 11.9 Å². The second-order valence-corrected chi connectivity index (χ2v) is 7.15. The Labute approximate surface area is 171 Å². The van der Waals surface area contributed by atoms with Gasteiger partial charge in [-0.15, -0.1) is 0 Å². The van der Waals surface area contributed by atoms with E-state index < -0.39 is 12.1 Å². The Kier molecular flexibility index (Phi) is 19.0. The van der Waals surface area contributed by atoms with Crippen molar-refractivity contribution in [2.24, 2.45) is 0 Å². The van der Waals surface area contributed by atoms with E-state index in [1.807, 2.05) is 0 Å². The molecule has 0 aliphatic carbocycles. The summed E-state index contributed by atoms with van der Waals surface area (Å²) in [5, 5.41) is 9.49. The first-order valence-corrected chi connectivity index (χ1v) is 10.8. The first-order chi connectivity index (χ1) is 13.6. The number of aliphatic hydroxyl groups excluding tert-OH is 1. The van der Waals surface area contributed by atoms with Gasteiger partial charge in [0, 0.05) is 13.3 Å². The quantitative estimate of drug-likeness (QED) is 0.194. The molecule has 5 nitrogen and oxygen atoms in total. The fourth-order valence-corrected chi connectivity index (χ4v) is 2.62. The molecule has 0 amide bonds.